The maximum Gasteiger partial charge on any atom is 0.322 e. The Morgan fingerprint density at radius 3 is 2.34 bits per heavy atom. The molecule has 3 aromatic rings. The minimum atomic E-state index is -0.296. The SMILES string of the molecule is COc1ccc(-c2noc(C3CCCCN3C(=O)Nc3cc(OC)cc(OC)c3)n2)cc1. The van der Waals surface area contributed by atoms with Crippen molar-refractivity contribution in [2.75, 3.05) is 33.2 Å². The Morgan fingerprint density at radius 2 is 1.69 bits per heavy atom. The minimum Gasteiger partial charge on any atom is -0.497 e. The van der Waals surface area contributed by atoms with Crippen LogP contribution in [0.5, 0.6) is 17.2 Å². The molecule has 2 aromatic carbocycles. The van der Waals surface area contributed by atoms with Gasteiger partial charge in [-0.3, -0.25) is 0 Å². The van der Waals surface area contributed by atoms with Gasteiger partial charge in [-0.25, -0.2) is 4.79 Å². The lowest BCUT2D eigenvalue weighted by Gasteiger charge is -2.33. The number of amides is 2. The number of carbonyl (C=O) groups excluding carboxylic acids is 1. The second kappa shape index (κ2) is 9.59. The fraction of sp³-hybridized carbons (Fsp3) is 0.348. The molecule has 9 nitrogen and oxygen atoms in total. The zero-order valence-electron chi connectivity index (χ0n) is 18.3. The van der Waals surface area contributed by atoms with E-state index in [0.717, 1.165) is 30.6 Å². The molecule has 1 aliphatic heterocycles. The molecule has 1 atom stereocenters. The Balaban J connectivity index is 1.53. The molecule has 4 rings (SSSR count). The van der Waals surface area contributed by atoms with Gasteiger partial charge in [0.2, 0.25) is 11.7 Å². The van der Waals surface area contributed by atoms with E-state index in [4.69, 9.17) is 18.7 Å². The molecule has 0 aliphatic carbocycles. The van der Waals surface area contributed by atoms with E-state index in [1.165, 1.54) is 0 Å². The predicted molar refractivity (Wildman–Crippen MR) is 118 cm³/mol. The van der Waals surface area contributed by atoms with Crippen LogP contribution in [-0.4, -0.2) is 48.9 Å². The number of benzene rings is 2. The number of carbonyl (C=O) groups is 1. The van der Waals surface area contributed by atoms with Crippen molar-refractivity contribution in [1.82, 2.24) is 15.0 Å². The van der Waals surface area contributed by atoms with Crippen molar-refractivity contribution < 1.29 is 23.5 Å². The van der Waals surface area contributed by atoms with Crippen LogP contribution >= 0.6 is 0 Å². The molecule has 32 heavy (non-hydrogen) atoms. The average molecular weight is 438 g/mol. The van der Waals surface area contributed by atoms with Crippen LogP contribution in [0.4, 0.5) is 10.5 Å². The third kappa shape index (κ3) is 4.61. The Labute approximate surface area is 186 Å². The number of aromatic nitrogens is 2. The number of piperidine rings is 1. The van der Waals surface area contributed by atoms with Crippen molar-refractivity contribution in [2.24, 2.45) is 0 Å². The van der Waals surface area contributed by atoms with E-state index in [2.05, 4.69) is 15.5 Å². The van der Waals surface area contributed by atoms with Crippen molar-refractivity contribution in [2.45, 2.75) is 25.3 Å². The van der Waals surface area contributed by atoms with Gasteiger partial charge in [0.15, 0.2) is 0 Å². The second-order valence-electron chi connectivity index (χ2n) is 7.42. The summed E-state index contributed by atoms with van der Waals surface area (Å²) in [7, 11) is 4.75. The minimum absolute atomic E-state index is 0.241. The predicted octanol–water partition coefficient (Wildman–Crippen LogP) is 4.52. The second-order valence-corrected chi connectivity index (χ2v) is 7.42. The number of urea groups is 1. The summed E-state index contributed by atoms with van der Waals surface area (Å²) >= 11 is 0. The quantitative estimate of drug-likeness (QED) is 0.604. The molecule has 9 heteroatoms. The number of rotatable bonds is 6. The van der Waals surface area contributed by atoms with E-state index in [-0.39, 0.29) is 12.1 Å². The first kappa shape index (κ1) is 21.5. The largest absolute Gasteiger partial charge is 0.497 e. The molecule has 0 spiro atoms. The smallest absolute Gasteiger partial charge is 0.322 e. The lowest BCUT2D eigenvalue weighted by Crippen LogP contribution is -2.41. The first-order chi connectivity index (χ1) is 15.6. The third-order valence-corrected chi connectivity index (χ3v) is 5.44. The summed E-state index contributed by atoms with van der Waals surface area (Å²) in [4.78, 5) is 19.4. The van der Waals surface area contributed by atoms with Gasteiger partial charge < -0.3 is 29.0 Å². The summed E-state index contributed by atoms with van der Waals surface area (Å²) in [6.07, 6.45) is 2.63. The summed E-state index contributed by atoms with van der Waals surface area (Å²) in [5.74, 6) is 2.84. The van der Waals surface area contributed by atoms with E-state index >= 15 is 0 Å². The molecule has 2 heterocycles. The summed E-state index contributed by atoms with van der Waals surface area (Å²) in [6.45, 7) is 0.595. The molecule has 0 saturated carbocycles. The molecule has 1 fully saturated rings. The number of likely N-dealkylation sites (tertiary alicyclic amines) is 1. The highest BCUT2D eigenvalue weighted by Gasteiger charge is 2.32. The van der Waals surface area contributed by atoms with Crippen molar-refractivity contribution >= 4 is 11.7 Å². The summed E-state index contributed by atoms with van der Waals surface area (Å²) in [5.41, 5.74) is 1.40. The van der Waals surface area contributed by atoms with Crippen LogP contribution in [0, 0.1) is 0 Å². The maximum absolute atomic E-state index is 13.1. The number of nitrogens with one attached hydrogen (secondary N) is 1. The Hall–Kier alpha value is -3.75. The number of hydrogen-bond donors (Lipinski definition) is 1. The molecule has 1 saturated heterocycles. The summed E-state index contributed by atoms with van der Waals surface area (Å²) in [5, 5.41) is 7.06. The average Bonchev–Trinajstić information content (AvgIpc) is 3.34. The van der Waals surface area contributed by atoms with Gasteiger partial charge in [-0.15, -0.1) is 0 Å². The monoisotopic (exact) mass is 438 g/mol. The first-order valence-electron chi connectivity index (χ1n) is 10.4. The highest BCUT2D eigenvalue weighted by molar-refractivity contribution is 5.90. The number of anilines is 1. The van der Waals surface area contributed by atoms with E-state index in [0.29, 0.717) is 35.4 Å². The molecule has 1 aromatic heterocycles. The fourth-order valence-corrected chi connectivity index (χ4v) is 3.73. The van der Waals surface area contributed by atoms with Crippen LogP contribution in [0.15, 0.2) is 47.0 Å². The van der Waals surface area contributed by atoms with Gasteiger partial charge in [0, 0.05) is 36.0 Å². The van der Waals surface area contributed by atoms with Crippen LogP contribution in [-0.2, 0) is 0 Å². The van der Waals surface area contributed by atoms with Crippen molar-refractivity contribution in [1.29, 1.82) is 0 Å². The maximum atomic E-state index is 13.1. The van der Waals surface area contributed by atoms with Crippen molar-refractivity contribution in [3.63, 3.8) is 0 Å². The number of ether oxygens (including phenoxy) is 3. The van der Waals surface area contributed by atoms with Crippen LogP contribution < -0.4 is 19.5 Å². The zero-order chi connectivity index (χ0) is 22.5. The number of nitrogens with zero attached hydrogens (tertiary/aromatic N) is 3. The van der Waals surface area contributed by atoms with E-state index in [9.17, 15) is 4.79 Å². The topological polar surface area (TPSA) is 99.0 Å². The number of methoxy groups -OCH3 is 3. The van der Waals surface area contributed by atoms with Gasteiger partial charge >= 0.3 is 6.03 Å². The molecular formula is C23H26N4O5. The molecule has 2 amide bonds. The summed E-state index contributed by atoms with van der Waals surface area (Å²) in [6, 6.07) is 12.1. The molecule has 1 aliphatic rings. The first-order valence-corrected chi connectivity index (χ1v) is 10.4. The van der Waals surface area contributed by atoms with E-state index in [1.54, 1.807) is 44.4 Å². The van der Waals surface area contributed by atoms with Gasteiger partial charge in [0.25, 0.3) is 0 Å². The standard InChI is InChI=1S/C23H26N4O5/c1-29-17-9-7-15(8-10-17)21-25-22(32-26-21)20-6-4-5-11-27(20)23(28)24-16-12-18(30-2)14-19(13-16)31-3/h7-10,12-14,20H,4-6,11H2,1-3H3,(H,24,28). The van der Waals surface area contributed by atoms with E-state index in [1.807, 2.05) is 24.3 Å². The molecule has 0 radical (unpaired) electrons. The molecule has 1 unspecified atom stereocenters. The summed E-state index contributed by atoms with van der Waals surface area (Å²) < 4.78 is 21.3. The number of hydrogen-bond acceptors (Lipinski definition) is 7. The van der Waals surface area contributed by atoms with Gasteiger partial charge in [-0.05, 0) is 43.5 Å². The molecular weight excluding hydrogens is 412 g/mol. The molecule has 0 bridgehead atoms. The zero-order valence-corrected chi connectivity index (χ0v) is 18.3. The normalized spacial score (nSPS) is 15.8. The Bertz CT molecular complexity index is 1040. The van der Waals surface area contributed by atoms with E-state index < -0.39 is 0 Å². The van der Waals surface area contributed by atoms with Gasteiger partial charge in [0.1, 0.15) is 23.3 Å². The molecule has 1 N–H and O–H groups in total. The van der Waals surface area contributed by atoms with Crippen LogP contribution in [0.3, 0.4) is 0 Å². The Kier molecular flexibility index (Phi) is 6.44. The lowest BCUT2D eigenvalue weighted by molar-refractivity contribution is 0.142. The fourth-order valence-electron chi connectivity index (χ4n) is 3.73. The van der Waals surface area contributed by atoms with Crippen LogP contribution in [0.1, 0.15) is 31.2 Å². The van der Waals surface area contributed by atoms with Gasteiger partial charge in [-0.2, -0.15) is 4.98 Å². The lowest BCUT2D eigenvalue weighted by atomic mass is 10.0. The van der Waals surface area contributed by atoms with Crippen molar-refractivity contribution in [3.8, 4) is 28.6 Å². The highest BCUT2D eigenvalue weighted by atomic mass is 16.5. The van der Waals surface area contributed by atoms with Gasteiger partial charge in [-0.1, -0.05) is 5.16 Å². The molecule has 168 valence electrons. The Morgan fingerprint density at radius 1 is 1.00 bits per heavy atom. The highest BCUT2D eigenvalue weighted by Crippen LogP contribution is 2.33. The third-order valence-electron chi connectivity index (χ3n) is 5.44. The van der Waals surface area contributed by atoms with Gasteiger partial charge in [0.05, 0.1) is 21.3 Å². The van der Waals surface area contributed by atoms with Crippen LogP contribution in [0.25, 0.3) is 11.4 Å². The van der Waals surface area contributed by atoms with Crippen LogP contribution in [0.2, 0.25) is 0 Å². The van der Waals surface area contributed by atoms with Crippen molar-refractivity contribution in [3.05, 3.63) is 48.4 Å².